The molecule has 3 aliphatic heterocycles. The second-order valence-corrected chi connectivity index (χ2v) is 28.8. The Morgan fingerprint density at radius 1 is 0.359 bits per heavy atom. The molecule has 19 heteroatoms. The van der Waals surface area contributed by atoms with Crippen LogP contribution in [0.5, 0.6) is 0 Å². The molecule has 19 nitrogen and oxygen atoms in total. The molecule has 3 fully saturated rings. The number of aliphatic hydroxyl groups excluding tert-OH is 11. The van der Waals surface area contributed by atoms with Gasteiger partial charge in [-0.25, -0.2) is 0 Å². The molecule has 12 N–H and O–H groups in total. The maximum atomic E-state index is 13.5. The molecule has 3 heterocycles. The highest BCUT2D eigenvalue weighted by Gasteiger charge is 2.54. The predicted octanol–water partition coefficient (Wildman–Crippen LogP) is 14.0. The van der Waals surface area contributed by atoms with E-state index in [4.69, 9.17) is 28.4 Å². The maximum Gasteiger partial charge on any atom is 0.220 e. The molecule has 3 aliphatic rings. The maximum absolute atomic E-state index is 13.5. The molecule has 0 aromatic carbocycles. The van der Waals surface area contributed by atoms with Crippen molar-refractivity contribution < 1.29 is 89.4 Å². The summed E-state index contributed by atoms with van der Waals surface area (Å²) < 4.78 is 34.4. The van der Waals surface area contributed by atoms with Gasteiger partial charge in [0.05, 0.1) is 38.6 Å². The van der Waals surface area contributed by atoms with Crippen LogP contribution in [0.1, 0.15) is 296 Å². The van der Waals surface area contributed by atoms with Crippen molar-refractivity contribution in [3.8, 4) is 0 Å². The number of aliphatic hydroxyl groups is 11. The molecular formula is C84H147NO18. The van der Waals surface area contributed by atoms with E-state index >= 15 is 0 Å². The zero-order chi connectivity index (χ0) is 74.6. The van der Waals surface area contributed by atoms with Gasteiger partial charge in [-0.3, -0.25) is 4.79 Å². The third-order valence-electron chi connectivity index (χ3n) is 19.9. The second-order valence-electron chi connectivity index (χ2n) is 28.8. The molecule has 0 saturated carbocycles. The quantitative estimate of drug-likeness (QED) is 0.0199. The highest BCUT2D eigenvalue weighted by Crippen LogP contribution is 2.33. The third-order valence-corrected chi connectivity index (χ3v) is 19.9. The van der Waals surface area contributed by atoms with Gasteiger partial charge in [0, 0.05) is 6.42 Å². The number of ether oxygens (including phenoxy) is 6. The third kappa shape index (κ3) is 43.5. The van der Waals surface area contributed by atoms with E-state index in [2.05, 4.69) is 104 Å². The van der Waals surface area contributed by atoms with Crippen LogP contribution < -0.4 is 5.32 Å². The number of carbonyl (C=O) groups is 1. The molecule has 0 aromatic rings. The molecule has 0 aromatic heterocycles. The normalized spacial score (nSPS) is 26.6. The van der Waals surface area contributed by atoms with Crippen LogP contribution in [0.4, 0.5) is 0 Å². The number of nitrogens with one attached hydrogen (secondary N) is 1. The number of amides is 1. The van der Waals surface area contributed by atoms with E-state index in [1.54, 1.807) is 6.08 Å². The van der Waals surface area contributed by atoms with Crippen molar-refractivity contribution in [2.45, 2.75) is 401 Å². The van der Waals surface area contributed by atoms with Crippen molar-refractivity contribution in [1.29, 1.82) is 0 Å². The number of rotatable bonds is 64. The van der Waals surface area contributed by atoms with Crippen LogP contribution in [-0.4, -0.2) is 193 Å². The standard InChI is InChI=1S/C84H147NO18/c1-3-5-7-9-11-13-15-17-19-21-23-25-26-27-28-29-30-31-32-33-34-35-36-37-38-39-40-42-44-46-48-50-52-54-56-58-60-62-72(90)85-67(68(89)61-59-57-55-53-51-49-47-45-43-41-24-22-20-18-16-14-12-10-8-6-4-2)66-98-82-78(96)75(93)80(70(64-87)100-82)103-84-79(97)76(94)81(71(65-88)101-84)102-83-77(95)74(92)73(91)69(63-86)99-83/h5,7,11,13,17,19,23,25,27-28,30-31,51,53,59,61,67-71,73-84,86-89,91-97H,3-4,6,8-10,12,14-16,18,20-22,24,26,29,32-50,52,54-58,60,62-66H2,1-2H3,(H,85,90)/b7-5-,13-11-,19-17-,25-23-,28-27-,31-30-,53-51+,61-59+. The van der Waals surface area contributed by atoms with Crippen molar-refractivity contribution >= 4 is 5.91 Å². The molecule has 17 atom stereocenters. The molecule has 596 valence electrons. The summed E-state index contributed by atoms with van der Waals surface area (Å²) in [5, 5.41) is 121. The van der Waals surface area contributed by atoms with Gasteiger partial charge in [-0.1, -0.05) is 304 Å². The number of carbonyl (C=O) groups excluding carboxylic acids is 1. The van der Waals surface area contributed by atoms with Crippen molar-refractivity contribution in [3.05, 3.63) is 97.2 Å². The molecule has 103 heavy (non-hydrogen) atoms. The van der Waals surface area contributed by atoms with Crippen LogP contribution in [-0.2, 0) is 33.2 Å². The Kier molecular flexibility index (Phi) is 58.0. The van der Waals surface area contributed by atoms with Crippen LogP contribution in [0.3, 0.4) is 0 Å². The Bertz CT molecular complexity index is 2240. The minimum Gasteiger partial charge on any atom is -0.394 e. The minimum absolute atomic E-state index is 0.233. The highest BCUT2D eigenvalue weighted by molar-refractivity contribution is 5.76. The number of hydrogen-bond donors (Lipinski definition) is 12. The fourth-order valence-corrected chi connectivity index (χ4v) is 13.3. The Morgan fingerprint density at radius 3 is 1.09 bits per heavy atom. The van der Waals surface area contributed by atoms with Crippen molar-refractivity contribution in [1.82, 2.24) is 5.32 Å². The van der Waals surface area contributed by atoms with E-state index in [1.165, 1.54) is 186 Å². The van der Waals surface area contributed by atoms with Gasteiger partial charge >= 0.3 is 0 Å². The monoisotopic (exact) mass is 1460 g/mol. The summed E-state index contributed by atoms with van der Waals surface area (Å²) in [6.45, 7) is 1.63. The van der Waals surface area contributed by atoms with Crippen molar-refractivity contribution in [2.75, 3.05) is 26.4 Å². The Labute approximate surface area is 622 Å². The van der Waals surface area contributed by atoms with Gasteiger partial charge < -0.3 is 89.9 Å². The van der Waals surface area contributed by atoms with Crippen LogP contribution >= 0.6 is 0 Å². The van der Waals surface area contributed by atoms with E-state index in [0.717, 1.165) is 77.0 Å². The van der Waals surface area contributed by atoms with Gasteiger partial charge in [0.25, 0.3) is 0 Å². The first-order chi connectivity index (χ1) is 50.3. The Morgan fingerprint density at radius 2 is 0.680 bits per heavy atom. The van der Waals surface area contributed by atoms with Crippen molar-refractivity contribution in [3.63, 3.8) is 0 Å². The fourth-order valence-electron chi connectivity index (χ4n) is 13.3. The summed E-state index contributed by atoms with van der Waals surface area (Å²) in [6.07, 6.45) is 59.7. The fraction of sp³-hybridized carbons (Fsp3) is 0.798. The average molecular weight is 1460 g/mol. The van der Waals surface area contributed by atoms with E-state index in [-0.39, 0.29) is 18.9 Å². The van der Waals surface area contributed by atoms with Gasteiger partial charge in [-0.05, 0) is 83.5 Å². The minimum atomic E-state index is -1.98. The molecular weight excluding hydrogens is 1310 g/mol. The molecule has 1 amide bonds. The molecule has 3 rings (SSSR count). The predicted molar refractivity (Wildman–Crippen MR) is 411 cm³/mol. The van der Waals surface area contributed by atoms with Gasteiger partial charge in [0.1, 0.15) is 73.2 Å². The zero-order valence-corrected chi connectivity index (χ0v) is 63.8. The summed E-state index contributed by atoms with van der Waals surface area (Å²) in [5.74, 6) is -0.284. The lowest BCUT2D eigenvalue weighted by Crippen LogP contribution is -2.66. The van der Waals surface area contributed by atoms with E-state index in [0.29, 0.717) is 12.8 Å². The van der Waals surface area contributed by atoms with E-state index in [1.807, 2.05) is 6.08 Å². The first-order valence-corrected chi connectivity index (χ1v) is 41.0. The van der Waals surface area contributed by atoms with Gasteiger partial charge in [-0.2, -0.15) is 0 Å². The number of hydrogen-bond acceptors (Lipinski definition) is 18. The molecule has 17 unspecified atom stereocenters. The van der Waals surface area contributed by atoms with Gasteiger partial charge in [0.2, 0.25) is 5.91 Å². The lowest BCUT2D eigenvalue weighted by Gasteiger charge is -2.48. The number of allylic oxidation sites excluding steroid dienone is 15. The van der Waals surface area contributed by atoms with Gasteiger partial charge in [-0.15, -0.1) is 0 Å². The van der Waals surface area contributed by atoms with E-state index < -0.39 is 124 Å². The van der Waals surface area contributed by atoms with Crippen LogP contribution in [0, 0.1) is 0 Å². The number of unbranched alkanes of at least 4 members (excludes halogenated alkanes) is 34. The van der Waals surface area contributed by atoms with Crippen LogP contribution in [0.15, 0.2) is 97.2 Å². The summed E-state index contributed by atoms with van der Waals surface area (Å²) in [6, 6.07) is -0.995. The summed E-state index contributed by atoms with van der Waals surface area (Å²) in [4.78, 5) is 13.5. The molecule has 0 spiro atoms. The Balaban J connectivity index is 1.34. The lowest BCUT2D eigenvalue weighted by atomic mass is 9.96. The van der Waals surface area contributed by atoms with Crippen LogP contribution in [0.25, 0.3) is 0 Å². The highest BCUT2D eigenvalue weighted by atomic mass is 16.8. The first kappa shape index (κ1) is 93.9. The lowest BCUT2D eigenvalue weighted by molar-refractivity contribution is -0.379. The summed E-state index contributed by atoms with van der Waals surface area (Å²) >= 11 is 0. The molecule has 0 aliphatic carbocycles. The molecule has 0 radical (unpaired) electrons. The smallest absolute Gasteiger partial charge is 0.220 e. The van der Waals surface area contributed by atoms with Crippen molar-refractivity contribution in [2.24, 2.45) is 0 Å². The van der Waals surface area contributed by atoms with Crippen LogP contribution in [0.2, 0.25) is 0 Å². The van der Waals surface area contributed by atoms with Gasteiger partial charge in [0.15, 0.2) is 18.9 Å². The molecule has 0 bridgehead atoms. The molecule has 3 saturated heterocycles. The average Bonchev–Trinajstić information content (AvgIpc) is 0.781. The second kappa shape index (κ2) is 63.6. The first-order valence-electron chi connectivity index (χ1n) is 41.0. The topological polar surface area (TPSA) is 307 Å². The summed E-state index contributed by atoms with van der Waals surface area (Å²) in [7, 11) is 0. The zero-order valence-electron chi connectivity index (χ0n) is 63.8. The van der Waals surface area contributed by atoms with E-state index in [9.17, 15) is 61.0 Å². The largest absolute Gasteiger partial charge is 0.394 e. The Hall–Kier alpha value is -3.29. The SMILES string of the molecule is CC/C=C\C/C=C\C/C=C\C/C=C\C/C=C\C/C=C\CCCCCCCCCCCCCCCCCCCCC(=O)NC(COC1OC(CO)C(OC2OC(CO)C(OC3OC(CO)C(O)C(O)C3O)C(O)C2O)C(O)C1O)C(O)/C=C/CC/C=C/CCCCCCCCCCCCCCCCC. The summed E-state index contributed by atoms with van der Waals surface area (Å²) in [5.41, 5.74) is 0.